The van der Waals surface area contributed by atoms with Gasteiger partial charge in [0.25, 0.3) is 0 Å². The van der Waals surface area contributed by atoms with E-state index in [4.69, 9.17) is 9.47 Å². The molecule has 0 radical (unpaired) electrons. The zero-order chi connectivity index (χ0) is 12.4. The molecule has 98 valence electrons. The van der Waals surface area contributed by atoms with Crippen molar-refractivity contribution in [2.45, 2.75) is 44.7 Å². The number of hydrogen-bond donors (Lipinski definition) is 1. The van der Waals surface area contributed by atoms with Crippen LogP contribution in [0.2, 0.25) is 0 Å². The SMILES string of the molecule is CC1OC(c2cccc([C@@H]3CCCNCC3)c2)O1. The Kier molecular flexibility index (Phi) is 3.64. The molecule has 1 N–H and O–H groups in total. The quantitative estimate of drug-likeness (QED) is 0.871. The Balaban J connectivity index is 1.73. The highest BCUT2D eigenvalue weighted by molar-refractivity contribution is 5.28. The molecule has 0 bridgehead atoms. The number of hydrogen-bond acceptors (Lipinski definition) is 3. The van der Waals surface area contributed by atoms with Gasteiger partial charge in [-0.05, 0) is 50.8 Å². The molecule has 0 aliphatic carbocycles. The molecule has 2 heterocycles. The Bertz CT molecular complexity index is 393. The van der Waals surface area contributed by atoms with Crippen molar-refractivity contribution in [2.75, 3.05) is 13.1 Å². The van der Waals surface area contributed by atoms with Crippen LogP contribution < -0.4 is 5.32 Å². The highest BCUT2D eigenvalue weighted by atomic mass is 16.9. The van der Waals surface area contributed by atoms with Gasteiger partial charge in [0, 0.05) is 5.56 Å². The maximum Gasteiger partial charge on any atom is 0.189 e. The lowest BCUT2D eigenvalue weighted by molar-refractivity contribution is -0.382. The summed E-state index contributed by atoms with van der Waals surface area (Å²) in [6.45, 7) is 4.21. The summed E-state index contributed by atoms with van der Waals surface area (Å²) in [6.07, 6.45) is 3.57. The van der Waals surface area contributed by atoms with Crippen LogP contribution in [0.3, 0.4) is 0 Å². The molecule has 0 saturated carbocycles. The molecule has 3 rings (SSSR count). The number of nitrogens with one attached hydrogen (secondary N) is 1. The van der Waals surface area contributed by atoms with Gasteiger partial charge in [-0.15, -0.1) is 0 Å². The third-order valence-corrected chi connectivity index (χ3v) is 3.86. The average molecular weight is 247 g/mol. The van der Waals surface area contributed by atoms with E-state index >= 15 is 0 Å². The summed E-state index contributed by atoms with van der Waals surface area (Å²) >= 11 is 0. The van der Waals surface area contributed by atoms with Crippen LogP contribution in [-0.4, -0.2) is 19.4 Å². The molecule has 2 fully saturated rings. The second kappa shape index (κ2) is 5.39. The van der Waals surface area contributed by atoms with E-state index in [1.807, 2.05) is 6.92 Å². The molecule has 2 aliphatic rings. The van der Waals surface area contributed by atoms with E-state index in [1.165, 1.54) is 24.8 Å². The van der Waals surface area contributed by atoms with Crippen LogP contribution in [-0.2, 0) is 9.47 Å². The van der Waals surface area contributed by atoms with Gasteiger partial charge in [0.05, 0.1) is 0 Å². The maximum absolute atomic E-state index is 5.56. The second-order valence-electron chi connectivity index (χ2n) is 5.22. The minimum absolute atomic E-state index is 0.0549. The van der Waals surface area contributed by atoms with E-state index in [9.17, 15) is 0 Å². The lowest BCUT2D eigenvalue weighted by Gasteiger charge is -2.34. The first kappa shape index (κ1) is 12.2. The molecule has 0 spiro atoms. The van der Waals surface area contributed by atoms with Crippen LogP contribution in [0.4, 0.5) is 0 Å². The molecule has 1 atom stereocenters. The Morgan fingerprint density at radius 3 is 2.78 bits per heavy atom. The lowest BCUT2D eigenvalue weighted by atomic mass is 9.91. The molecule has 0 amide bonds. The second-order valence-corrected chi connectivity index (χ2v) is 5.22. The summed E-state index contributed by atoms with van der Waals surface area (Å²) in [5.41, 5.74) is 2.59. The Morgan fingerprint density at radius 2 is 1.94 bits per heavy atom. The van der Waals surface area contributed by atoms with E-state index in [2.05, 4.69) is 29.6 Å². The van der Waals surface area contributed by atoms with Crippen molar-refractivity contribution < 1.29 is 9.47 Å². The van der Waals surface area contributed by atoms with Crippen LogP contribution in [0.25, 0.3) is 0 Å². The lowest BCUT2D eigenvalue weighted by Crippen LogP contribution is -2.31. The van der Waals surface area contributed by atoms with Crippen molar-refractivity contribution in [3.05, 3.63) is 35.4 Å². The van der Waals surface area contributed by atoms with Crippen molar-refractivity contribution >= 4 is 0 Å². The zero-order valence-electron chi connectivity index (χ0n) is 10.9. The summed E-state index contributed by atoms with van der Waals surface area (Å²) in [5, 5.41) is 3.46. The van der Waals surface area contributed by atoms with Gasteiger partial charge in [0.15, 0.2) is 12.6 Å². The van der Waals surface area contributed by atoms with Crippen molar-refractivity contribution in [2.24, 2.45) is 0 Å². The number of ether oxygens (including phenoxy) is 2. The zero-order valence-corrected chi connectivity index (χ0v) is 10.9. The largest absolute Gasteiger partial charge is 0.320 e. The maximum atomic E-state index is 5.56. The van der Waals surface area contributed by atoms with Crippen LogP contribution in [0.15, 0.2) is 24.3 Å². The highest BCUT2D eigenvalue weighted by Crippen LogP contribution is 2.34. The van der Waals surface area contributed by atoms with Crippen LogP contribution in [0, 0.1) is 0 Å². The topological polar surface area (TPSA) is 30.5 Å². The minimum atomic E-state index is -0.149. The monoisotopic (exact) mass is 247 g/mol. The van der Waals surface area contributed by atoms with Crippen LogP contribution >= 0.6 is 0 Å². The summed E-state index contributed by atoms with van der Waals surface area (Å²) in [5.74, 6) is 0.678. The molecule has 2 aliphatic heterocycles. The predicted molar refractivity (Wildman–Crippen MR) is 70.3 cm³/mol. The Morgan fingerprint density at radius 1 is 1.11 bits per heavy atom. The molecular weight excluding hydrogens is 226 g/mol. The van der Waals surface area contributed by atoms with Crippen molar-refractivity contribution in [1.29, 1.82) is 0 Å². The summed E-state index contributed by atoms with van der Waals surface area (Å²) in [4.78, 5) is 0. The molecule has 18 heavy (non-hydrogen) atoms. The third-order valence-electron chi connectivity index (χ3n) is 3.86. The first-order chi connectivity index (χ1) is 8.83. The van der Waals surface area contributed by atoms with Gasteiger partial charge in [0.1, 0.15) is 0 Å². The molecule has 0 unspecified atom stereocenters. The van der Waals surface area contributed by atoms with E-state index in [0.29, 0.717) is 5.92 Å². The molecule has 3 heteroatoms. The van der Waals surface area contributed by atoms with Gasteiger partial charge >= 0.3 is 0 Å². The van der Waals surface area contributed by atoms with E-state index in [0.717, 1.165) is 18.7 Å². The summed E-state index contributed by atoms with van der Waals surface area (Å²) < 4.78 is 11.1. The van der Waals surface area contributed by atoms with E-state index < -0.39 is 0 Å². The van der Waals surface area contributed by atoms with Gasteiger partial charge in [0.2, 0.25) is 0 Å². The van der Waals surface area contributed by atoms with Gasteiger partial charge in [-0.25, -0.2) is 0 Å². The van der Waals surface area contributed by atoms with Gasteiger partial charge < -0.3 is 14.8 Å². The summed E-state index contributed by atoms with van der Waals surface area (Å²) in [6, 6.07) is 8.71. The molecule has 3 nitrogen and oxygen atoms in total. The van der Waals surface area contributed by atoms with Crippen LogP contribution in [0.1, 0.15) is 49.5 Å². The van der Waals surface area contributed by atoms with Gasteiger partial charge in [-0.1, -0.05) is 24.3 Å². The fraction of sp³-hybridized carbons (Fsp3) is 0.600. The standard InChI is InChI=1S/C15H21NO2/c1-11-17-15(18-11)14-5-2-4-13(10-14)12-6-3-8-16-9-7-12/h2,4-5,10-12,15-16H,3,6-9H2,1H3/t11?,12-,15?/m1/s1. The molecule has 1 aromatic rings. The fourth-order valence-electron chi connectivity index (χ4n) is 2.83. The molecular formula is C15H21NO2. The molecule has 1 aromatic carbocycles. The van der Waals surface area contributed by atoms with Gasteiger partial charge in [-0.2, -0.15) is 0 Å². The van der Waals surface area contributed by atoms with Crippen LogP contribution in [0.5, 0.6) is 0 Å². The summed E-state index contributed by atoms with van der Waals surface area (Å²) in [7, 11) is 0. The van der Waals surface area contributed by atoms with Gasteiger partial charge in [-0.3, -0.25) is 0 Å². The highest BCUT2D eigenvalue weighted by Gasteiger charge is 2.28. The Hall–Kier alpha value is -0.900. The smallest absolute Gasteiger partial charge is 0.189 e. The van der Waals surface area contributed by atoms with Crippen molar-refractivity contribution in [3.8, 4) is 0 Å². The Labute approximate surface area is 108 Å². The van der Waals surface area contributed by atoms with E-state index in [-0.39, 0.29) is 12.6 Å². The fourth-order valence-corrected chi connectivity index (χ4v) is 2.83. The average Bonchev–Trinajstić information content (AvgIpc) is 2.64. The first-order valence-corrected chi connectivity index (χ1v) is 6.94. The number of benzene rings is 1. The molecule has 2 saturated heterocycles. The third kappa shape index (κ3) is 2.58. The first-order valence-electron chi connectivity index (χ1n) is 6.94. The van der Waals surface area contributed by atoms with E-state index in [1.54, 1.807) is 0 Å². The normalized spacial score (nSPS) is 32.6. The predicted octanol–water partition coefficient (Wildman–Crippen LogP) is 2.94. The number of rotatable bonds is 2. The van der Waals surface area contributed by atoms with Crippen molar-refractivity contribution in [1.82, 2.24) is 5.32 Å². The minimum Gasteiger partial charge on any atom is -0.320 e. The van der Waals surface area contributed by atoms with Crippen molar-refractivity contribution in [3.63, 3.8) is 0 Å². The molecule has 0 aromatic heterocycles.